The lowest BCUT2D eigenvalue weighted by Gasteiger charge is -2.43. The van der Waals surface area contributed by atoms with Gasteiger partial charge < -0.3 is 14.4 Å². The van der Waals surface area contributed by atoms with Crippen LogP contribution in [0.15, 0.2) is 29.6 Å². The fourth-order valence-corrected chi connectivity index (χ4v) is 5.81. The van der Waals surface area contributed by atoms with Gasteiger partial charge in [0.2, 0.25) is 5.91 Å². The van der Waals surface area contributed by atoms with Crippen LogP contribution < -0.4 is 4.74 Å². The first-order valence-electron chi connectivity index (χ1n) is 9.68. The van der Waals surface area contributed by atoms with Crippen LogP contribution in [-0.2, 0) is 9.53 Å². The van der Waals surface area contributed by atoms with Crippen LogP contribution in [-0.4, -0.2) is 42.6 Å². The van der Waals surface area contributed by atoms with E-state index in [-0.39, 0.29) is 11.5 Å². The number of thiazole rings is 1. The number of nitrogens with zero attached hydrogens (tertiary/aromatic N) is 2. The number of carbonyl (C=O) groups is 1. The van der Waals surface area contributed by atoms with Crippen LogP contribution >= 0.6 is 11.3 Å². The number of carbonyl (C=O) groups excluding carboxylic acids is 1. The van der Waals surface area contributed by atoms with Crippen molar-refractivity contribution in [3.8, 4) is 17.0 Å². The van der Waals surface area contributed by atoms with Gasteiger partial charge >= 0.3 is 0 Å². The predicted molar refractivity (Wildman–Crippen MR) is 104 cm³/mol. The van der Waals surface area contributed by atoms with E-state index in [1.54, 1.807) is 18.4 Å². The van der Waals surface area contributed by atoms with Crippen LogP contribution in [0.3, 0.4) is 0 Å². The van der Waals surface area contributed by atoms with Crippen LogP contribution in [0.5, 0.6) is 5.75 Å². The van der Waals surface area contributed by atoms with Crippen LogP contribution in [0.1, 0.15) is 36.8 Å². The molecule has 0 spiro atoms. The number of methoxy groups -OCH3 is 1. The molecule has 0 radical (unpaired) electrons. The van der Waals surface area contributed by atoms with Gasteiger partial charge in [-0.15, -0.1) is 11.3 Å². The Balaban J connectivity index is 1.33. The summed E-state index contributed by atoms with van der Waals surface area (Å²) < 4.78 is 11.4. The highest BCUT2D eigenvalue weighted by Gasteiger charge is 2.56. The summed E-state index contributed by atoms with van der Waals surface area (Å²) in [4.78, 5) is 19.9. The summed E-state index contributed by atoms with van der Waals surface area (Å²) in [6.07, 6.45) is 4.37. The first-order chi connectivity index (χ1) is 13.2. The Hall–Kier alpha value is -1.92. The van der Waals surface area contributed by atoms with Gasteiger partial charge in [0.05, 0.1) is 26.0 Å². The molecule has 6 rings (SSSR count). The van der Waals surface area contributed by atoms with Gasteiger partial charge in [0, 0.05) is 22.9 Å². The van der Waals surface area contributed by atoms with Gasteiger partial charge in [-0.05, 0) is 43.7 Å². The standard InChI is InChI=1S/C21H24N2O3S/c1-25-17-5-3-2-4-15(17)16-13-27-19(22-16)18-12-23(8-9-26-18)20(24)21-7-6-14(10-21)11-21/h2-5,13-14,18H,6-12H2,1H3/t14?,18-,21?/m1/s1. The van der Waals surface area contributed by atoms with E-state index in [0.29, 0.717) is 25.6 Å². The van der Waals surface area contributed by atoms with Crippen molar-refractivity contribution in [1.29, 1.82) is 0 Å². The third-order valence-electron chi connectivity index (χ3n) is 6.38. The van der Waals surface area contributed by atoms with Crippen molar-refractivity contribution < 1.29 is 14.3 Å². The fourth-order valence-electron chi connectivity index (χ4n) is 4.95. The SMILES string of the molecule is COc1ccccc1-c1csc([C@H]2CN(C(=O)C34CCC(C3)C4)CCO2)n1. The van der Waals surface area contributed by atoms with Crippen molar-refractivity contribution in [3.63, 3.8) is 0 Å². The molecule has 2 bridgehead atoms. The zero-order valence-electron chi connectivity index (χ0n) is 15.5. The molecule has 1 amide bonds. The van der Waals surface area contributed by atoms with Gasteiger partial charge in [0.15, 0.2) is 0 Å². The van der Waals surface area contributed by atoms with Gasteiger partial charge in [-0.1, -0.05) is 12.1 Å². The van der Waals surface area contributed by atoms with Gasteiger partial charge in [0.25, 0.3) is 0 Å². The maximum atomic E-state index is 13.1. The molecule has 0 unspecified atom stereocenters. The average Bonchev–Trinajstić information content (AvgIpc) is 3.43. The van der Waals surface area contributed by atoms with E-state index in [1.165, 1.54) is 6.42 Å². The molecule has 2 aromatic rings. The largest absolute Gasteiger partial charge is 0.496 e. The Morgan fingerprint density at radius 1 is 1.37 bits per heavy atom. The molecule has 5 nitrogen and oxygen atoms in total. The molecule has 3 saturated carbocycles. The van der Waals surface area contributed by atoms with E-state index >= 15 is 0 Å². The predicted octanol–water partition coefficient (Wildman–Crippen LogP) is 3.91. The van der Waals surface area contributed by atoms with E-state index in [4.69, 9.17) is 14.5 Å². The molecule has 1 aromatic heterocycles. The highest BCUT2D eigenvalue weighted by Crippen LogP contribution is 2.59. The molecule has 27 heavy (non-hydrogen) atoms. The fraction of sp³-hybridized carbons (Fsp3) is 0.524. The number of benzene rings is 1. The third-order valence-corrected chi connectivity index (χ3v) is 7.31. The molecule has 1 aliphatic heterocycles. The van der Waals surface area contributed by atoms with E-state index in [2.05, 4.69) is 0 Å². The van der Waals surface area contributed by atoms with Crippen LogP contribution in [0, 0.1) is 11.3 Å². The highest BCUT2D eigenvalue weighted by atomic mass is 32.1. The van der Waals surface area contributed by atoms with E-state index in [9.17, 15) is 4.79 Å². The number of hydrogen-bond donors (Lipinski definition) is 0. The molecule has 1 saturated heterocycles. The summed E-state index contributed by atoms with van der Waals surface area (Å²) >= 11 is 1.60. The van der Waals surface area contributed by atoms with Gasteiger partial charge in [-0.3, -0.25) is 4.79 Å². The molecule has 3 aliphatic carbocycles. The Morgan fingerprint density at radius 3 is 3.00 bits per heavy atom. The molecule has 2 heterocycles. The molecule has 4 fully saturated rings. The van der Waals surface area contributed by atoms with E-state index in [0.717, 1.165) is 47.2 Å². The van der Waals surface area contributed by atoms with E-state index < -0.39 is 0 Å². The number of hydrogen-bond acceptors (Lipinski definition) is 5. The Bertz CT molecular complexity index is 853. The molecule has 1 aromatic carbocycles. The zero-order valence-corrected chi connectivity index (χ0v) is 16.3. The summed E-state index contributed by atoms with van der Waals surface area (Å²) in [5.41, 5.74) is 1.84. The second kappa shape index (κ2) is 6.60. The van der Waals surface area contributed by atoms with Crippen molar-refractivity contribution in [2.24, 2.45) is 11.3 Å². The maximum Gasteiger partial charge on any atom is 0.228 e. The molecule has 4 aliphatic rings. The number of ether oxygens (including phenoxy) is 2. The number of amides is 1. The third kappa shape index (κ3) is 2.86. The summed E-state index contributed by atoms with van der Waals surface area (Å²) in [6, 6.07) is 7.90. The lowest BCUT2D eigenvalue weighted by Crippen LogP contribution is -2.51. The average molecular weight is 385 g/mol. The molecular weight excluding hydrogens is 360 g/mol. The van der Waals surface area contributed by atoms with Crippen molar-refractivity contribution in [2.45, 2.75) is 31.8 Å². The molecule has 142 valence electrons. The normalized spacial score (nSPS) is 29.4. The van der Waals surface area contributed by atoms with Crippen molar-refractivity contribution >= 4 is 17.2 Å². The Labute approximate surface area is 163 Å². The summed E-state index contributed by atoms with van der Waals surface area (Å²) in [7, 11) is 1.67. The molecule has 0 N–H and O–H groups in total. The molecule has 1 atom stereocenters. The molecule has 6 heteroatoms. The minimum Gasteiger partial charge on any atom is -0.496 e. The summed E-state index contributed by atoms with van der Waals surface area (Å²) in [6.45, 7) is 1.90. The van der Waals surface area contributed by atoms with Gasteiger partial charge in [-0.25, -0.2) is 4.98 Å². The minimum absolute atomic E-state index is 0.0437. The number of aromatic nitrogens is 1. The van der Waals surface area contributed by atoms with Crippen LogP contribution in [0.4, 0.5) is 0 Å². The quantitative estimate of drug-likeness (QED) is 0.802. The summed E-state index contributed by atoms with van der Waals surface area (Å²) in [5.74, 6) is 1.97. The Morgan fingerprint density at radius 2 is 2.22 bits per heavy atom. The maximum absolute atomic E-state index is 13.1. The Kier molecular flexibility index (Phi) is 4.20. The lowest BCUT2D eigenvalue weighted by atomic mass is 9.68. The lowest BCUT2D eigenvalue weighted by molar-refractivity contribution is -0.154. The number of para-hydroxylation sites is 1. The topological polar surface area (TPSA) is 51.7 Å². The van der Waals surface area contributed by atoms with Gasteiger partial charge in [-0.2, -0.15) is 0 Å². The smallest absolute Gasteiger partial charge is 0.228 e. The highest BCUT2D eigenvalue weighted by molar-refractivity contribution is 7.10. The number of fused-ring (bicyclic) bond motifs is 1. The van der Waals surface area contributed by atoms with Crippen LogP contribution in [0.2, 0.25) is 0 Å². The first-order valence-corrected chi connectivity index (χ1v) is 10.6. The number of morpholine rings is 1. The van der Waals surface area contributed by atoms with Crippen molar-refractivity contribution in [1.82, 2.24) is 9.88 Å². The number of rotatable bonds is 4. The minimum atomic E-state index is -0.134. The van der Waals surface area contributed by atoms with Crippen molar-refractivity contribution in [2.75, 3.05) is 26.8 Å². The van der Waals surface area contributed by atoms with Crippen LogP contribution in [0.25, 0.3) is 11.3 Å². The zero-order chi connectivity index (χ0) is 18.4. The second-order valence-electron chi connectivity index (χ2n) is 7.98. The monoisotopic (exact) mass is 384 g/mol. The van der Waals surface area contributed by atoms with Crippen molar-refractivity contribution in [3.05, 3.63) is 34.7 Å². The van der Waals surface area contributed by atoms with Gasteiger partial charge in [0.1, 0.15) is 16.9 Å². The summed E-state index contributed by atoms with van der Waals surface area (Å²) in [5, 5.41) is 2.98. The second-order valence-corrected chi connectivity index (χ2v) is 8.86. The first kappa shape index (κ1) is 17.2. The molecular formula is C21H24N2O3S. The van der Waals surface area contributed by atoms with E-state index in [1.807, 2.05) is 34.5 Å².